The minimum atomic E-state index is -4.76. The second-order valence-corrected chi connectivity index (χ2v) is 7.75. The van der Waals surface area contributed by atoms with Gasteiger partial charge >= 0.3 is 12.4 Å². The van der Waals surface area contributed by atoms with Crippen LogP contribution in [0.4, 0.5) is 29.3 Å². The van der Waals surface area contributed by atoms with Crippen molar-refractivity contribution in [1.29, 1.82) is 0 Å². The van der Waals surface area contributed by atoms with Crippen molar-refractivity contribution in [2.24, 2.45) is 0 Å². The van der Waals surface area contributed by atoms with E-state index in [-0.39, 0.29) is 5.75 Å². The van der Waals surface area contributed by atoms with E-state index in [9.17, 15) is 18.0 Å². The summed E-state index contributed by atoms with van der Waals surface area (Å²) in [4.78, 5) is 16.8. The minimum absolute atomic E-state index is 0.327. The number of thiazole rings is 1. The van der Waals surface area contributed by atoms with Crippen LogP contribution in [-0.4, -0.2) is 17.4 Å². The zero-order chi connectivity index (χ0) is 22.0. The molecule has 2 N–H and O–H groups in total. The van der Waals surface area contributed by atoms with E-state index in [0.29, 0.717) is 11.4 Å². The van der Waals surface area contributed by atoms with Crippen LogP contribution in [0.2, 0.25) is 0 Å². The number of ether oxygens (including phenoxy) is 1. The molecular weight excluding hydrogens is 427 g/mol. The fraction of sp³-hybridized carbons (Fsp3) is 0.0909. The molecule has 0 radical (unpaired) electrons. The standard InChI is InChI=1S/C22H16F3N3O2S/c1-13-2-11-18-19(12-13)31-20(28-18)14-3-5-15(6-4-14)26-21(29)27-16-7-9-17(10-8-16)30-22(23,24)25/h2-12H,1H3,(H2,26,27,29). The van der Waals surface area contributed by atoms with Crippen LogP contribution in [-0.2, 0) is 0 Å². The third kappa shape index (κ3) is 5.32. The van der Waals surface area contributed by atoms with Crippen molar-refractivity contribution in [2.45, 2.75) is 13.3 Å². The molecule has 0 aliphatic rings. The van der Waals surface area contributed by atoms with E-state index in [0.717, 1.165) is 32.9 Å². The molecule has 158 valence electrons. The largest absolute Gasteiger partial charge is 0.573 e. The summed E-state index contributed by atoms with van der Waals surface area (Å²) in [5.74, 6) is -0.362. The number of carbonyl (C=O) groups is 1. The lowest BCUT2D eigenvalue weighted by molar-refractivity contribution is -0.274. The summed E-state index contributed by atoms with van der Waals surface area (Å²) in [6.07, 6.45) is -4.76. The molecule has 0 saturated carbocycles. The summed E-state index contributed by atoms with van der Waals surface area (Å²) in [7, 11) is 0. The van der Waals surface area contributed by atoms with E-state index in [1.165, 1.54) is 17.7 Å². The van der Waals surface area contributed by atoms with Crippen LogP contribution in [0.25, 0.3) is 20.8 Å². The molecule has 0 unspecified atom stereocenters. The molecule has 0 aliphatic carbocycles. The summed E-state index contributed by atoms with van der Waals surface area (Å²) < 4.78 is 41.5. The first-order chi connectivity index (χ1) is 14.7. The molecule has 0 bridgehead atoms. The van der Waals surface area contributed by atoms with Crippen LogP contribution < -0.4 is 15.4 Å². The van der Waals surface area contributed by atoms with Crippen molar-refractivity contribution >= 4 is 39.0 Å². The number of hydrogen-bond donors (Lipinski definition) is 2. The fourth-order valence-corrected chi connectivity index (χ4v) is 3.95. The van der Waals surface area contributed by atoms with E-state index >= 15 is 0 Å². The number of hydrogen-bond acceptors (Lipinski definition) is 4. The Morgan fingerprint density at radius 3 is 2.16 bits per heavy atom. The predicted molar refractivity (Wildman–Crippen MR) is 116 cm³/mol. The lowest BCUT2D eigenvalue weighted by Gasteiger charge is -2.10. The zero-order valence-electron chi connectivity index (χ0n) is 16.2. The quantitative estimate of drug-likeness (QED) is 0.364. The van der Waals surface area contributed by atoms with Crippen LogP contribution in [0.5, 0.6) is 5.75 Å². The van der Waals surface area contributed by atoms with Gasteiger partial charge in [-0.05, 0) is 73.2 Å². The predicted octanol–water partition coefficient (Wildman–Crippen LogP) is 6.81. The summed E-state index contributed by atoms with van der Waals surface area (Å²) in [5.41, 5.74) is 3.95. The van der Waals surface area contributed by atoms with Gasteiger partial charge in [0.2, 0.25) is 0 Å². The van der Waals surface area contributed by atoms with Crippen molar-refractivity contribution in [2.75, 3.05) is 10.6 Å². The topological polar surface area (TPSA) is 63.2 Å². The molecule has 4 rings (SSSR count). The molecule has 1 heterocycles. The Bertz CT molecular complexity index is 1220. The first-order valence-corrected chi connectivity index (χ1v) is 9.98. The molecule has 0 aliphatic heterocycles. The number of nitrogens with zero attached hydrogens (tertiary/aromatic N) is 1. The van der Waals surface area contributed by atoms with Crippen molar-refractivity contribution < 1.29 is 22.7 Å². The number of anilines is 2. The van der Waals surface area contributed by atoms with Crippen LogP contribution in [0.15, 0.2) is 66.7 Å². The molecule has 31 heavy (non-hydrogen) atoms. The van der Waals surface area contributed by atoms with Gasteiger partial charge in [0.05, 0.1) is 10.2 Å². The molecule has 3 aromatic carbocycles. The Morgan fingerprint density at radius 1 is 0.935 bits per heavy atom. The van der Waals surface area contributed by atoms with Gasteiger partial charge in [0.1, 0.15) is 10.8 Å². The summed E-state index contributed by atoms with van der Waals surface area (Å²) in [6.45, 7) is 2.04. The first kappa shape index (κ1) is 20.7. The summed E-state index contributed by atoms with van der Waals surface area (Å²) >= 11 is 1.60. The average Bonchev–Trinajstić information content (AvgIpc) is 3.12. The van der Waals surface area contributed by atoms with Gasteiger partial charge in [0, 0.05) is 16.9 Å². The van der Waals surface area contributed by atoms with Crippen molar-refractivity contribution in [3.05, 3.63) is 72.3 Å². The molecule has 9 heteroatoms. The molecule has 5 nitrogen and oxygen atoms in total. The van der Waals surface area contributed by atoms with Crippen LogP contribution in [0.1, 0.15) is 5.56 Å². The number of aryl methyl sites for hydroxylation is 1. The Balaban J connectivity index is 1.38. The third-order valence-corrected chi connectivity index (χ3v) is 5.35. The van der Waals surface area contributed by atoms with E-state index < -0.39 is 12.4 Å². The number of benzene rings is 3. The number of amides is 2. The second kappa shape index (κ2) is 8.27. The summed E-state index contributed by atoms with van der Waals surface area (Å²) in [5, 5.41) is 6.12. The molecule has 0 fully saturated rings. The fourth-order valence-electron chi connectivity index (χ4n) is 2.88. The SMILES string of the molecule is Cc1ccc2nc(-c3ccc(NC(=O)Nc4ccc(OC(F)(F)F)cc4)cc3)sc2c1. The van der Waals surface area contributed by atoms with Crippen LogP contribution in [0, 0.1) is 6.92 Å². The van der Waals surface area contributed by atoms with Gasteiger partial charge in [-0.2, -0.15) is 0 Å². The number of rotatable bonds is 4. The highest BCUT2D eigenvalue weighted by Crippen LogP contribution is 2.31. The van der Waals surface area contributed by atoms with Gasteiger partial charge in [0.25, 0.3) is 0 Å². The monoisotopic (exact) mass is 443 g/mol. The second-order valence-electron chi connectivity index (χ2n) is 6.72. The third-order valence-electron chi connectivity index (χ3n) is 4.28. The Morgan fingerprint density at radius 2 is 1.55 bits per heavy atom. The Kier molecular flexibility index (Phi) is 5.51. The van der Waals surface area contributed by atoms with E-state index in [4.69, 9.17) is 0 Å². The molecule has 1 aromatic heterocycles. The molecular formula is C22H16F3N3O2S. The van der Waals surface area contributed by atoms with Crippen molar-refractivity contribution in [3.63, 3.8) is 0 Å². The van der Waals surface area contributed by atoms with Crippen molar-refractivity contribution in [3.8, 4) is 16.3 Å². The molecule has 0 atom stereocenters. The van der Waals surface area contributed by atoms with Crippen molar-refractivity contribution in [1.82, 2.24) is 4.98 Å². The highest BCUT2D eigenvalue weighted by atomic mass is 32.1. The molecule has 0 spiro atoms. The number of carbonyl (C=O) groups excluding carboxylic acids is 1. The van der Waals surface area contributed by atoms with Gasteiger partial charge in [-0.3, -0.25) is 0 Å². The number of alkyl halides is 3. The van der Waals surface area contributed by atoms with Gasteiger partial charge in [-0.15, -0.1) is 24.5 Å². The lowest BCUT2D eigenvalue weighted by Crippen LogP contribution is -2.19. The molecule has 4 aromatic rings. The Labute approximate surface area is 179 Å². The van der Waals surface area contributed by atoms with Crippen LogP contribution in [0.3, 0.4) is 0 Å². The normalized spacial score (nSPS) is 11.4. The highest BCUT2D eigenvalue weighted by Gasteiger charge is 2.30. The Hall–Kier alpha value is -3.59. The molecule has 2 amide bonds. The van der Waals surface area contributed by atoms with Gasteiger partial charge in [-0.25, -0.2) is 9.78 Å². The number of fused-ring (bicyclic) bond motifs is 1. The van der Waals surface area contributed by atoms with E-state index in [1.54, 1.807) is 23.5 Å². The lowest BCUT2D eigenvalue weighted by atomic mass is 10.2. The molecule has 0 saturated heterocycles. The maximum absolute atomic E-state index is 12.2. The zero-order valence-corrected chi connectivity index (χ0v) is 17.0. The van der Waals surface area contributed by atoms with Gasteiger partial charge < -0.3 is 15.4 Å². The number of nitrogens with one attached hydrogen (secondary N) is 2. The highest BCUT2D eigenvalue weighted by molar-refractivity contribution is 7.21. The van der Waals surface area contributed by atoms with Gasteiger partial charge in [0.15, 0.2) is 0 Å². The minimum Gasteiger partial charge on any atom is -0.406 e. The van der Waals surface area contributed by atoms with E-state index in [2.05, 4.69) is 26.4 Å². The maximum atomic E-state index is 12.2. The summed E-state index contributed by atoms with van der Waals surface area (Å²) in [6, 6.07) is 17.7. The smallest absolute Gasteiger partial charge is 0.406 e. The van der Waals surface area contributed by atoms with Gasteiger partial charge in [-0.1, -0.05) is 6.07 Å². The average molecular weight is 443 g/mol. The number of halogens is 3. The number of urea groups is 1. The number of aromatic nitrogens is 1. The van der Waals surface area contributed by atoms with Crippen LogP contribution >= 0.6 is 11.3 Å². The maximum Gasteiger partial charge on any atom is 0.573 e. The van der Waals surface area contributed by atoms with E-state index in [1.807, 2.05) is 31.2 Å². The first-order valence-electron chi connectivity index (χ1n) is 9.17.